The third-order valence-corrected chi connectivity index (χ3v) is 16.8. The molecule has 1 saturated carbocycles. The summed E-state index contributed by atoms with van der Waals surface area (Å²) in [4.78, 5) is 0. The van der Waals surface area contributed by atoms with Crippen LogP contribution in [-0.2, 0) is 27.7 Å². The Balaban J connectivity index is 0.00000161. The second kappa shape index (κ2) is 13.1. The fourth-order valence-corrected chi connectivity index (χ4v) is 15.7. The van der Waals surface area contributed by atoms with Crippen LogP contribution >= 0.6 is 0 Å². The van der Waals surface area contributed by atoms with Crippen molar-refractivity contribution >= 4 is 6.48 Å². The van der Waals surface area contributed by atoms with E-state index in [-0.39, 0.29) is 24.8 Å². The first kappa shape index (κ1) is 29.2. The van der Waals surface area contributed by atoms with Gasteiger partial charge in [0.25, 0.3) is 0 Å². The van der Waals surface area contributed by atoms with Gasteiger partial charge >= 0.3 is 236 Å². The van der Waals surface area contributed by atoms with Gasteiger partial charge in [-0.3, -0.25) is 0 Å². The van der Waals surface area contributed by atoms with Crippen LogP contribution in [0.5, 0.6) is 0 Å². The molecular formula is C37H34Cl2Zr. The van der Waals surface area contributed by atoms with Crippen LogP contribution in [0.1, 0.15) is 56.1 Å². The molecule has 0 radical (unpaired) electrons. The van der Waals surface area contributed by atoms with Crippen molar-refractivity contribution in [2.75, 3.05) is 0 Å². The van der Waals surface area contributed by atoms with E-state index in [4.69, 9.17) is 0 Å². The van der Waals surface area contributed by atoms with Crippen LogP contribution in [0.2, 0.25) is 0 Å². The molecule has 7 rings (SSSR count). The molecule has 0 spiro atoms. The predicted molar refractivity (Wildman–Crippen MR) is 160 cm³/mol. The monoisotopic (exact) mass is 638 g/mol. The topological polar surface area (TPSA) is 0 Å². The van der Waals surface area contributed by atoms with Gasteiger partial charge in [-0.1, -0.05) is 0 Å². The van der Waals surface area contributed by atoms with Crippen molar-refractivity contribution in [3.8, 4) is 33.4 Å². The van der Waals surface area contributed by atoms with Crippen molar-refractivity contribution < 1.29 is 46.1 Å². The van der Waals surface area contributed by atoms with E-state index in [1.807, 2.05) is 3.21 Å². The number of hydrogen-bond acceptors (Lipinski definition) is 0. The molecule has 0 unspecified atom stereocenters. The van der Waals surface area contributed by atoms with Gasteiger partial charge in [-0.2, -0.15) is 0 Å². The number of rotatable bonds is 4. The average molecular weight is 641 g/mol. The van der Waals surface area contributed by atoms with Gasteiger partial charge in [0, 0.05) is 0 Å². The van der Waals surface area contributed by atoms with Crippen LogP contribution in [0, 0.1) is 0 Å². The van der Waals surface area contributed by atoms with Crippen molar-refractivity contribution in [3.63, 3.8) is 0 Å². The van der Waals surface area contributed by atoms with Crippen molar-refractivity contribution in [2.24, 2.45) is 0 Å². The summed E-state index contributed by atoms with van der Waals surface area (Å²) in [6.45, 7) is 0. The van der Waals surface area contributed by atoms with Gasteiger partial charge in [0.2, 0.25) is 0 Å². The van der Waals surface area contributed by atoms with Gasteiger partial charge in [0.1, 0.15) is 0 Å². The van der Waals surface area contributed by atoms with E-state index in [0.717, 1.165) is 6.42 Å². The Labute approximate surface area is 259 Å². The molecule has 0 N–H and O–H groups in total. The summed E-state index contributed by atoms with van der Waals surface area (Å²) in [7, 11) is 0. The van der Waals surface area contributed by atoms with Gasteiger partial charge in [-0.15, -0.1) is 0 Å². The zero-order chi connectivity index (χ0) is 25.3. The van der Waals surface area contributed by atoms with Crippen molar-refractivity contribution in [1.29, 1.82) is 0 Å². The van der Waals surface area contributed by atoms with Crippen LogP contribution in [0.25, 0.3) is 33.4 Å². The van der Waals surface area contributed by atoms with Crippen LogP contribution < -0.4 is 28.1 Å². The number of fused-ring (bicyclic) bond motifs is 3. The van der Waals surface area contributed by atoms with Crippen molar-refractivity contribution in [1.82, 2.24) is 0 Å². The first-order valence-corrected chi connectivity index (χ1v) is 18.0. The summed E-state index contributed by atoms with van der Waals surface area (Å²) in [5, 5.41) is 0. The molecule has 3 heteroatoms. The summed E-state index contributed by atoms with van der Waals surface area (Å²) in [6.07, 6.45) is 17.8. The third-order valence-electron chi connectivity index (χ3n) is 8.67. The summed E-state index contributed by atoms with van der Waals surface area (Å²) in [5.41, 5.74) is 11.6. The molecule has 200 valence electrons. The molecule has 0 saturated heterocycles. The average Bonchev–Trinajstić information content (AvgIpc) is 3.55. The van der Waals surface area contributed by atoms with Crippen molar-refractivity contribution in [3.05, 3.63) is 124 Å². The van der Waals surface area contributed by atoms with E-state index in [1.165, 1.54) is 83.9 Å². The fourth-order valence-electron chi connectivity index (χ4n) is 6.83. The molecule has 0 amide bonds. The molecule has 1 fully saturated rings. The van der Waals surface area contributed by atoms with Gasteiger partial charge in [0.05, 0.1) is 0 Å². The van der Waals surface area contributed by atoms with Gasteiger partial charge in [-0.05, 0) is 0 Å². The molecule has 0 aliphatic heterocycles. The first-order valence-electron chi connectivity index (χ1n) is 14.4. The molecule has 0 atom stereocenters. The molecule has 40 heavy (non-hydrogen) atoms. The quantitative estimate of drug-likeness (QED) is 0.265. The van der Waals surface area contributed by atoms with E-state index in [2.05, 4.69) is 109 Å². The maximum atomic E-state index is 2.51. The Hall–Kier alpha value is -2.31. The zero-order valence-electron chi connectivity index (χ0n) is 22.8. The Kier molecular flexibility index (Phi) is 9.58. The van der Waals surface area contributed by atoms with Crippen LogP contribution in [-0.4, -0.2) is 3.21 Å². The maximum Gasteiger partial charge on any atom is -1.00 e. The van der Waals surface area contributed by atoms with Crippen LogP contribution in [0.3, 0.4) is 0 Å². The normalized spacial score (nSPS) is 15.1. The number of allylic oxidation sites excluding steroid dienone is 4. The van der Waals surface area contributed by atoms with Gasteiger partial charge < -0.3 is 24.8 Å². The van der Waals surface area contributed by atoms with Crippen LogP contribution in [0.15, 0.2) is 113 Å². The second-order valence-corrected chi connectivity index (χ2v) is 17.4. The fraction of sp³-hybridized carbons (Fsp3) is 0.216. The second-order valence-electron chi connectivity index (χ2n) is 11.0. The minimum atomic E-state index is -2.29. The summed E-state index contributed by atoms with van der Waals surface area (Å²) in [5.74, 6) is 0. The molecule has 0 heterocycles. The summed E-state index contributed by atoms with van der Waals surface area (Å²) in [6, 6.07) is 34.2. The smallest absolute Gasteiger partial charge is 1.00 e. The molecule has 4 aromatic carbocycles. The van der Waals surface area contributed by atoms with Crippen LogP contribution in [0.4, 0.5) is 0 Å². The molecule has 0 aromatic heterocycles. The van der Waals surface area contributed by atoms with E-state index in [1.54, 1.807) is 12.1 Å². The Bertz CT molecular complexity index is 1590. The number of hydrogen-bond donors (Lipinski definition) is 0. The first-order chi connectivity index (χ1) is 18.9. The molecule has 0 nitrogen and oxygen atoms in total. The minimum absolute atomic E-state index is 0. The number of halogens is 2. The molecule has 3 aliphatic carbocycles. The standard InChI is InChI=1S/C25H17.C7H12.C5H5.2ClH.Zr/c1-3-7-18(8-4-1)20-11-13-24-22(15-20)17-23-16-21(12-14-25(23)24)19-9-5-2-6-10-19;1-2-4-6-7-5-3-1;1-2-4-5-3-1;;;/h1-15H,17H2;1-6H2;1-3H,4H2;2*1H;/q;;;;;+2/p-2. The third kappa shape index (κ3) is 5.59. The minimum Gasteiger partial charge on any atom is -1.00 e. The maximum absolute atomic E-state index is 2.51. The molecule has 3 aliphatic rings. The molecular weight excluding hydrogens is 607 g/mol. The van der Waals surface area contributed by atoms with Crippen molar-refractivity contribution in [2.45, 2.75) is 51.4 Å². The van der Waals surface area contributed by atoms with Gasteiger partial charge in [-0.25, -0.2) is 0 Å². The van der Waals surface area contributed by atoms with E-state index in [0.29, 0.717) is 0 Å². The van der Waals surface area contributed by atoms with Gasteiger partial charge in [0.15, 0.2) is 0 Å². The zero-order valence-corrected chi connectivity index (χ0v) is 26.8. The van der Waals surface area contributed by atoms with E-state index >= 15 is 0 Å². The predicted octanol–water partition coefficient (Wildman–Crippen LogP) is 3.21. The van der Waals surface area contributed by atoms with E-state index < -0.39 is 21.3 Å². The Morgan fingerprint density at radius 2 is 1.23 bits per heavy atom. The summed E-state index contributed by atoms with van der Waals surface area (Å²) < 4.78 is 5.53. The Morgan fingerprint density at radius 3 is 1.90 bits per heavy atom. The molecule has 4 aromatic rings. The van der Waals surface area contributed by atoms with E-state index in [9.17, 15) is 0 Å². The summed E-state index contributed by atoms with van der Waals surface area (Å²) >= 11 is -2.29. The number of benzene rings is 4. The molecule has 0 bridgehead atoms. The SMILES string of the molecule is C1=CC[C]([Zr+2](=[C]2CCCCCC2)[c]2c(-c3ccccc3)ccc3c2Cc2cc(-c4ccccc4)ccc2-3)=C1.[Cl-].[Cl-]. The Morgan fingerprint density at radius 1 is 0.575 bits per heavy atom. The largest absolute Gasteiger partial charge is 1.00 e.